The summed E-state index contributed by atoms with van der Waals surface area (Å²) < 4.78 is 4.97. The number of hydrogen-bond acceptors (Lipinski definition) is 8. The van der Waals surface area contributed by atoms with E-state index in [2.05, 4.69) is 10.3 Å². The summed E-state index contributed by atoms with van der Waals surface area (Å²) in [7, 11) is 5.37. The summed E-state index contributed by atoms with van der Waals surface area (Å²) in [6.45, 7) is 13.5. The van der Waals surface area contributed by atoms with Crippen molar-refractivity contribution in [1.82, 2.24) is 20.1 Å². The van der Waals surface area contributed by atoms with Gasteiger partial charge in [0, 0.05) is 24.9 Å². The van der Waals surface area contributed by atoms with Gasteiger partial charge in [-0.1, -0.05) is 34.1 Å². The van der Waals surface area contributed by atoms with Gasteiger partial charge in [0.15, 0.2) is 5.69 Å². The highest BCUT2D eigenvalue weighted by Crippen LogP contribution is 2.28. The van der Waals surface area contributed by atoms with Crippen LogP contribution in [0.1, 0.15) is 82.9 Å². The molecule has 0 aromatic carbocycles. The van der Waals surface area contributed by atoms with Crippen molar-refractivity contribution in [3.05, 3.63) is 16.1 Å². The highest BCUT2D eigenvalue weighted by molar-refractivity contribution is 7.09. The van der Waals surface area contributed by atoms with E-state index in [1.807, 2.05) is 60.5 Å². The van der Waals surface area contributed by atoms with Crippen molar-refractivity contribution in [3.63, 3.8) is 0 Å². The van der Waals surface area contributed by atoms with Gasteiger partial charge < -0.3 is 20.1 Å². The molecule has 0 fully saturated rings. The molecule has 0 aliphatic carbocycles. The number of thiazole rings is 1. The summed E-state index contributed by atoms with van der Waals surface area (Å²) >= 11 is 1.19. The van der Waals surface area contributed by atoms with Crippen LogP contribution in [0.2, 0.25) is 0 Å². The predicted molar refractivity (Wildman–Crippen MR) is 138 cm³/mol. The van der Waals surface area contributed by atoms with Crippen molar-refractivity contribution < 1.29 is 24.2 Å². The van der Waals surface area contributed by atoms with Crippen molar-refractivity contribution in [2.45, 2.75) is 85.0 Å². The summed E-state index contributed by atoms with van der Waals surface area (Å²) in [4.78, 5) is 46.3. The molecule has 4 atom stereocenters. The molecule has 1 rings (SSSR count). The number of nitrogens with zero attached hydrogens (tertiary/aromatic N) is 3. The van der Waals surface area contributed by atoms with E-state index >= 15 is 0 Å². The van der Waals surface area contributed by atoms with Crippen LogP contribution < -0.4 is 5.32 Å². The molecule has 10 heteroatoms. The summed E-state index contributed by atoms with van der Waals surface area (Å²) in [6.07, 6.45) is 0.0210. The Morgan fingerprint density at radius 1 is 1.17 bits per heavy atom. The Labute approximate surface area is 214 Å². The number of nitrogens with one attached hydrogen (secondary N) is 1. The zero-order valence-corrected chi connectivity index (χ0v) is 23.7. The van der Waals surface area contributed by atoms with E-state index in [1.165, 1.54) is 11.3 Å². The van der Waals surface area contributed by atoms with Crippen LogP contribution in [0.4, 0.5) is 0 Å². The minimum atomic E-state index is -0.949. The van der Waals surface area contributed by atoms with E-state index in [0.717, 1.165) is 6.42 Å². The van der Waals surface area contributed by atoms with Crippen LogP contribution >= 0.6 is 11.3 Å². The molecule has 1 aromatic heterocycles. The van der Waals surface area contributed by atoms with Crippen molar-refractivity contribution in [2.75, 3.05) is 27.7 Å². The maximum atomic E-state index is 13.6. The topological polar surface area (TPSA) is 112 Å². The van der Waals surface area contributed by atoms with E-state index in [1.54, 1.807) is 24.3 Å². The standard InChI is InChI=1S/C25H44N4O5S/c1-11-16(5)20(27-24(33)25(6,7)28(8)9)22(31)29(10)18(15(3)4)13-19(30)21-26-17(14-35-21)23(32)34-12-2/h14-16,18-20,30H,11-13H2,1-10H3,(H,27,33)/t16-,18?,19+,20-/m0/s1. The fourth-order valence-electron chi connectivity index (χ4n) is 3.53. The second-order valence-corrected chi connectivity index (χ2v) is 11.0. The normalized spacial score (nSPS) is 15.5. The van der Waals surface area contributed by atoms with Crippen LogP contribution in [-0.4, -0.2) is 83.0 Å². The minimum Gasteiger partial charge on any atom is -0.461 e. The number of amides is 2. The average Bonchev–Trinajstić information content (AvgIpc) is 3.29. The molecule has 0 saturated heterocycles. The highest BCUT2D eigenvalue weighted by Gasteiger charge is 2.38. The number of aliphatic hydroxyl groups is 1. The Balaban J connectivity index is 3.09. The number of aliphatic hydroxyl groups excluding tert-OH is 1. The maximum absolute atomic E-state index is 13.6. The first-order valence-corrected chi connectivity index (χ1v) is 13.1. The lowest BCUT2D eigenvalue weighted by Gasteiger charge is -2.38. The number of esters is 1. The number of hydrogen-bond donors (Lipinski definition) is 2. The first kappa shape index (κ1) is 31.0. The van der Waals surface area contributed by atoms with Gasteiger partial charge in [0.25, 0.3) is 0 Å². The van der Waals surface area contributed by atoms with Crippen LogP contribution in [0.15, 0.2) is 5.38 Å². The molecule has 1 aromatic rings. The fraction of sp³-hybridized carbons (Fsp3) is 0.760. The lowest BCUT2D eigenvalue weighted by Crippen LogP contribution is -2.60. The number of carbonyl (C=O) groups excluding carboxylic acids is 3. The van der Waals surface area contributed by atoms with Crippen LogP contribution in [0.25, 0.3) is 0 Å². The Morgan fingerprint density at radius 3 is 2.26 bits per heavy atom. The Hall–Kier alpha value is -2.04. The molecule has 0 bridgehead atoms. The molecule has 200 valence electrons. The maximum Gasteiger partial charge on any atom is 0.357 e. The van der Waals surface area contributed by atoms with E-state index < -0.39 is 23.7 Å². The molecule has 2 amide bonds. The number of ether oxygens (including phenoxy) is 1. The van der Waals surface area contributed by atoms with Gasteiger partial charge in [-0.05, 0) is 46.7 Å². The Morgan fingerprint density at radius 2 is 1.77 bits per heavy atom. The molecule has 0 spiro atoms. The molecule has 0 aliphatic rings. The second-order valence-electron chi connectivity index (χ2n) is 10.1. The molecule has 35 heavy (non-hydrogen) atoms. The lowest BCUT2D eigenvalue weighted by molar-refractivity contribution is -0.142. The molecule has 0 radical (unpaired) electrons. The smallest absolute Gasteiger partial charge is 0.357 e. The number of likely N-dealkylation sites (N-methyl/N-ethyl adjacent to an activating group) is 2. The zero-order valence-electron chi connectivity index (χ0n) is 22.9. The highest BCUT2D eigenvalue weighted by atomic mass is 32.1. The summed E-state index contributed by atoms with van der Waals surface area (Å²) in [6, 6.07) is -0.997. The average molecular weight is 513 g/mol. The molecular formula is C25H44N4O5S. The lowest BCUT2D eigenvalue weighted by atomic mass is 9.92. The minimum absolute atomic E-state index is 0.0367. The van der Waals surface area contributed by atoms with E-state index in [-0.39, 0.29) is 48.4 Å². The van der Waals surface area contributed by atoms with E-state index in [0.29, 0.717) is 5.01 Å². The SMILES string of the molecule is CCOC(=O)c1csc([C@H](O)CC(C(C)C)N(C)C(=O)[C@@H](NC(=O)C(C)(C)N(C)C)[C@@H](C)CC)n1. The first-order chi connectivity index (χ1) is 16.2. The molecule has 0 saturated carbocycles. The van der Waals surface area contributed by atoms with Gasteiger partial charge in [-0.15, -0.1) is 11.3 Å². The van der Waals surface area contributed by atoms with Gasteiger partial charge in [-0.2, -0.15) is 0 Å². The third kappa shape index (κ3) is 7.98. The Kier molecular flexibility index (Phi) is 11.8. The van der Waals surface area contributed by atoms with Crippen LogP contribution in [-0.2, 0) is 14.3 Å². The van der Waals surface area contributed by atoms with Gasteiger partial charge in [0.1, 0.15) is 17.2 Å². The first-order valence-electron chi connectivity index (χ1n) is 12.2. The summed E-state index contributed by atoms with van der Waals surface area (Å²) in [5.41, 5.74) is -0.612. The Bertz CT molecular complexity index is 855. The second kappa shape index (κ2) is 13.3. The largest absolute Gasteiger partial charge is 0.461 e. The fourth-order valence-corrected chi connectivity index (χ4v) is 4.32. The van der Waals surface area contributed by atoms with Gasteiger partial charge in [-0.3, -0.25) is 14.5 Å². The summed E-state index contributed by atoms with van der Waals surface area (Å²) in [5.74, 6) is -0.975. The quantitative estimate of drug-likeness (QED) is 0.391. The molecular weight excluding hydrogens is 468 g/mol. The van der Waals surface area contributed by atoms with Crippen LogP contribution in [0.3, 0.4) is 0 Å². The molecule has 1 heterocycles. The van der Waals surface area contributed by atoms with Gasteiger partial charge >= 0.3 is 5.97 Å². The van der Waals surface area contributed by atoms with Gasteiger partial charge in [-0.25, -0.2) is 9.78 Å². The molecule has 9 nitrogen and oxygen atoms in total. The van der Waals surface area contributed by atoms with E-state index in [9.17, 15) is 19.5 Å². The van der Waals surface area contributed by atoms with Crippen LogP contribution in [0.5, 0.6) is 0 Å². The number of aromatic nitrogens is 1. The number of carbonyl (C=O) groups is 3. The van der Waals surface area contributed by atoms with Crippen LogP contribution in [0, 0.1) is 11.8 Å². The van der Waals surface area contributed by atoms with Gasteiger partial charge in [0.05, 0.1) is 12.1 Å². The third-order valence-electron chi connectivity index (χ3n) is 6.81. The van der Waals surface area contributed by atoms with Crippen molar-refractivity contribution >= 4 is 29.1 Å². The number of rotatable bonds is 13. The van der Waals surface area contributed by atoms with Gasteiger partial charge in [0.2, 0.25) is 11.8 Å². The monoisotopic (exact) mass is 512 g/mol. The zero-order chi connectivity index (χ0) is 27.1. The predicted octanol–water partition coefficient (Wildman–Crippen LogP) is 3.10. The molecule has 2 N–H and O–H groups in total. The molecule has 0 aliphatic heterocycles. The third-order valence-corrected chi connectivity index (χ3v) is 7.76. The summed E-state index contributed by atoms with van der Waals surface area (Å²) in [5, 5.41) is 15.8. The van der Waals surface area contributed by atoms with Crippen molar-refractivity contribution in [1.29, 1.82) is 0 Å². The van der Waals surface area contributed by atoms with Crippen molar-refractivity contribution in [3.8, 4) is 0 Å². The van der Waals surface area contributed by atoms with E-state index in [4.69, 9.17) is 4.74 Å². The van der Waals surface area contributed by atoms with Crippen molar-refractivity contribution in [2.24, 2.45) is 11.8 Å². The molecule has 1 unspecified atom stereocenters.